The Balaban J connectivity index is 1.94. The molecule has 0 radical (unpaired) electrons. The number of halogens is 1. The number of carbonyl (C=O) groups is 2. The van der Waals surface area contributed by atoms with Gasteiger partial charge in [0.2, 0.25) is 21.8 Å². The summed E-state index contributed by atoms with van der Waals surface area (Å²) in [4.78, 5) is 28.4. The Morgan fingerprint density at radius 1 is 1.08 bits per heavy atom. The van der Waals surface area contributed by atoms with Gasteiger partial charge in [0.25, 0.3) is 0 Å². The molecule has 2 amide bonds. The lowest BCUT2D eigenvalue weighted by Crippen LogP contribution is -2.53. The van der Waals surface area contributed by atoms with Gasteiger partial charge >= 0.3 is 0 Å². The molecule has 3 rings (SSSR count). The quantitative estimate of drug-likeness (QED) is 0.515. The monoisotopic (exact) mass is 517 g/mol. The Hall–Kier alpha value is -2.94. The van der Waals surface area contributed by atoms with Crippen molar-refractivity contribution in [2.24, 2.45) is 0 Å². The maximum absolute atomic E-state index is 13.7. The predicted molar refractivity (Wildman–Crippen MR) is 140 cm³/mol. The highest BCUT2D eigenvalue weighted by Gasteiger charge is 2.33. The molecule has 7 nitrogen and oxygen atoms in total. The summed E-state index contributed by atoms with van der Waals surface area (Å²) >= 11 is 0. The molecule has 196 valence electrons. The van der Waals surface area contributed by atoms with Gasteiger partial charge in [0.15, 0.2) is 0 Å². The molecule has 0 aromatic heterocycles. The van der Waals surface area contributed by atoms with Crippen LogP contribution in [0, 0.1) is 19.7 Å². The zero-order valence-corrected chi connectivity index (χ0v) is 22.3. The summed E-state index contributed by atoms with van der Waals surface area (Å²) in [7, 11) is -3.80. The molecule has 36 heavy (non-hydrogen) atoms. The summed E-state index contributed by atoms with van der Waals surface area (Å²) < 4.78 is 40.2. The normalized spacial score (nSPS) is 14.9. The molecule has 1 atom stereocenters. The predicted octanol–water partition coefficient (Wildman–Crippen LogP) is 4.07. The Morgan fingerprint density at radius 2 is 1.72 bits per heavy atom. The first kappa shape index (κ1) is 27.6. The molecule has 0 aliphatic heterocycles. The van der Waals surface area contributed by atoms with Crippen LogP contribution in [0.1, 0.15) is 55.7 Å². The van der Waals surface area contributed by atoms with Crippen LogP contribution in [0.25, 0.3) is 0 Å². The van der Waals surface area contributed by atoms with E-state index in [2.05, 4.69) is 5.32 Å². The van der Waals surface area contributed by atoms with Gasteiger partial charge in [-0.2, -0.15) is 0 Å². The van der Waals surface area contributed by atoms with Gasteiger partial charge in [-0.15, -0.1) is 0 Å². The SMILES string of the molecule is CC[C@@H](C(=O)NC1CCCC1)N(Cc1ccc(F)cc1)C(=O)CN(c1cccc(C)c1C)S(C)(=O)=O. The molecule has 2 aromatic rings. The number of amides is 2. The van der Waals surface area contributed by atoms with Gasteiger partial charge in [-0.3, -0.25) is 13.9 Å². The van der Waals surface area contributed by atoms with Crippen LogP contribution in [0.15, 0.2) is 42.5 Å². The van der Waals surface area contributed by atoms with E-state index in [9.17, 15) is 22.4 Å². The zero-order valence-electron chi connectivity index (χ0n) is 21.5. The minimum atomic E-state index is -3.80. The first-order chi connectivity index (χ1) is 17.0. The lowest BCUT2D eigenvalue weighted by molar-refractivity contribution is -0.140. The molecule has 0 spiro atoms. The molecule has 0 saturated heterocycles. The molecule has 1 fully saturated rings. The lowest BCUT2D eigenvalue weighted by Gasteiger charge is -2.33. The van der Waals surface area contributed by atoms with Crippen LogP contribution in [-0.4, -0.2) is 50.0 Å². The average molecular weight is 518 g/mol. The Morgan fingerprint density at radius 3 is 2.31 bits per heavy atom. The first-order valence-electron chi connectivity index (χ1n) is 12.4. The Bertz CT molecular complexity index is 1180. The molecule has 1 aliphatic carbocycles. The van der Waals surface area contributed by atoms with Gasteiger partial charge < -0.3 is 10.2 Å². The number of hydrogen-bond acceptors (Lipinski definition) is 4. The van der Waals surface area contributed by atoms with E-state index >= 15 is 0 Å². The number of rotatable bonds is 10. The fourth-order valence-corrected chi connectivity index (χ4v) is 5.57. The van der Waals surface area contributed by atoms with E-state index in [1.165, 1.54) is 17.0 Å². The molecule has 1 saturated carbocycles. The van der Waals surface area contributed by atoms with Crippen molar-refractivity contribution in [3.05, 3.63) is 65.0 Å². The maximum Gasteiger partial charge on any atom is 0.244 e. The number of hydrogen-bond donors (Lipinski definition) is 1. The molecular weight excluding hydrogens is 481 g/mol. The molecule has 0 bridgehead atoms. The number of carbonyl (C=O) groups excluding carboxylic acids is 2. The van der Waals surface area contributed by atoms with Crippen LogP contribution in [0.4, 0.5) is 10.1 Å². The summed E-state index contributed by atoms with van der Waals surface area (Å²) in [6.45, 7) is 5.12. The third-order valence-electron chi connectivity index (χ3n) is 6.88. The minimum absolute atomic E-state index is 0.0557. The van der Waals surface area contributed by atoms with Crippen LogP contribution in [0.5, 0.6) is 0 Å². The average Bonchev–Trinajstić information content (AvgIpc) is 3.33. The number of aryl methyl sites for hydroxylation is 1. The van der Waals surface area contributed by atoms with Crippen molar-refractivity contribution in [2.45, 2.75) is 71.5 Å². The van der Waals surface area contributed by atoms with Crippen molar-refractivity contribution in [1.82, 2.24) is 10.2 Å². The smallest absolute Gasteiger partial charge is 0.244 e. The van der Waals surface area contributed by atoms with Gasteiger partial charge in [-0.25, -0.2) is 12.8 Å². The van der Waals surface area contributed by atoms with Crippen LogP contribution in [-0.2, 0) is 26.2 Å². The minimum Gasteiger partial charge on any atom is -0.352 e. The third-order valence-corrected chi connectivity index (χ3v) is 8.00. The van der Waals surface area contributed by atoms with E-state index in [1.807, 2.05) is 26.8 Å². The number of nitrogens with one attached hydrogen (secondary N) is 1. The van der Waals surface area contributed by atoms with E-state index in [4.69, 9.17) is 0 Å². The molecule has 2 aromatic carbocycles. The molecule has 0 unspecified atom stereocenters. The second-order valence-electron chi connectivity index (χ2n) is 9.55. The van der Waals surface area contributed by atoms with E-state index < -0.39 is 34.3 Å². The Labute approximate surface area is 213 Å². The van der Waals surface area contributed by atoms with Crippen molar-refractivity contribution in [2.75, 3.05) is 17.1 Å². The standard InChI is InChI=1S/C27H36FN3O4S/c1-5-24(27(33)29-23-10-6-7-11-23)30(17-21-13-15-22(28)16-14-21)26(32)18-31(36(4,34)35)25-12-8-9-19(2)20(25)3/h8-9,12-16,23-24H,5-7,10-11,17-18H2,1-4H3,(H,29,33)/t24-/m0/s1. The van der Waals surface area contributed by atoms with Gasteiger partial charge in [0, 0.05) is 12.6 Å². The van der Waals surface area contributed by atoms with Crippen LogP contribution >= 0.6 is 0 Å². The molecule has 1 aliphatic rings. The Kier molecular flexibility index (Phi) is 9.11. The van der Waals surface area contributed by atoms with Crippen LogP contribution in [0.2, 0.25) is 0 Å². The fraction of sp³-hybridized carbons (Fsp3) is 0.481. The highest BCUT2D eigenvalue weighted by atomic mass is 32.2. The summed E-state index contributed by atoms with van der Waals surface area (Å²) in [5, 5.41) is 3.07. The van der Waals surface area contributed by atoms with Crippen LogP contribution in [0.3, 0.4) is 0 Å². The van der Waals surface area contributed by atoms with Gasteiger partial charge in [0.05, 0.1) is 11.9 Å². The molecule has 0 heterocycles. The summed E-state index contributed by atoms with van der Waals surface area (Å²) in [5.74, 6) is -1.16. The van der Waals surface area contributed by atoms with Crippen molar-refractivity contribution in [3.8, 4) is 0 Å². The van der Waals surface area contributed by atoms with Crippen molar-refractivity contribution in [1.29, 1.82) is 0 Å². The molecule has 9 heteroatoms. The second kappa shape index (κ2) is 11.9. The van der Waals surface area contributed by atoms with Gasteiger partial charge in [0.1, 0.15) is 18.4 Å². The van der Waals surface area contributed by atoms with E-state index in [1.54, 1.807) is 24.3 Å². The topological polar surface area (TPSA) is 86.8 Å². The van der Waals surface area contributed by atoms with E-state index in [0.29, 0.717) is 17.7 Å². The van der Waals surface area contributed by atoms with Crippen molar-refractivity contribution < 1.29 is 22.4 Å². The van der Waals surface area contributed by atoms with Gasteiger partial charge in [-0.1, -0.05) is 44.0 Å². The number of benzene rings is 2. The largest absolute Gasteiger partial charge is 0.352 e. The first-order valence-corrected chi connectivity index (χ1v) is 14.2. The summed E-state index contributed by atoms with van der Waals surface area (Å²) in [6.07, 6.45) is 5.34. The number of anilines is 1. The highest BCUT2D eigenvalue weighted by Crippen LogP contribution is 2.26. The van der Waals surface area contributed by atoms with Crippen molar-refractivity contribution in [3.63, 3.8) is 0 Å². The molecule has 1 N–H and O–H groups in total. The maximum atomic E-state index is 13.7. The second-order valence-corrected chi connectivity index (χ2v) is 11.5. The summed E-state index contributed by atoms with van der Waals surface area (Å²) in [6, 6.07) is 10.3. The fourth-order valence-electron chi connectivity index (χ4n) is 4.67. The van der Waals surface area contributed by atoms with Crippen molar-refractivity contribution >= 4 is 27.5 Å². The lowest BCUT2D eigenvalue weighted by atomic mass is 10.1. The number of sulfonamides is 1. The summed E-state index contributed by atoms with van der Waals surface area (Å²) in [5.41, 5.74) is 2.73. The van der Waals surface area contributed by atoms with Crippen LogP contribution < -0.4 is 9.62 Å². The van der Waals surface area contributed by atoms with E-state index in [0.717, 1.165) is 47.4 Å². The zero-order chi connectivity index (χ0) is 26.5. The van der Waals surface area contributed by atoms with Gasteiger partial charge in [-0.05, 0) is 68.0 Å². The van der Waals surface area contributed by atoms with E-state index in [-0.39, 0.29) is 18.5 Å². The highest BCUT2D eigenvalue weighted by molar-refractivity contribution is 7.92. The number of nitrogens with zero attached hydrogens (tertiary/aromatic N) is 2. The molecular formula is C27H36FN3O4S. The third kappa shape index (κ3) is 6.84.